The Kier molecular flexibility index (Phi) is 3.20. The van der Waals surface area contributed by atoms with Crippen molar-refractivity contribution in [3.63, 3.8) is 0 Å². The fraction of sp³-hybridized carbons (Fsp3) is 0.222. The zero-order chi connectivity index (χ0) is 16.1. The van der Waals surface area contributed by atoms with Gasteiger partial charge in [0.25, 0.3) is 0 Å². The molecule has 0 spiro atoms. The molecule has 1 aliphatic rings. The van der Waals surface area contributed by atoms with Gasteiger partial charge in [-0.05, 0) is 54.2 Å². The third-order valence-electron chi connectivity index (χ3n) is 4.55. The number of aliphatic hydroxyl groups is 1. The Morgan fingerprint density at radius 3 is 2.70 bits per heavy atom. The van der Waals surface area contributed by atoms with Gasteiger partial charge in [-0.2, -0.15) is 0 Å². The highest BCUT2D eigenvalue weighted by atomic mass is 19.1. The van der Waals surface area contributed by atoms with Crippen LogP contribution in [-0.2, 0) is 6.42 Å². The Labute approximate surface area is 130 Å². The van der Waals surface area contributed by atoms with E-state index in [2.05, 4.69) is 4.98 Å². The largest absolute Gasteiger partial charge is 0.396 e. The average Bonchev–Trinajstić information content (AvgIpc) is 2.87. The summed E-state index contributed by atoms with van der Waals surface area (Å²) < 4.78 is 41.3. The van der Waals surface area contributed by atoms with E-state index in [4.69, 9.17) is 0 Å². The SMILES string of the molecule is OCC[C@@H]1Cc2cc(F)ccc2-c2[nH]c3c(F)cc(F)cc3c21. The lowest BCUT2D eigenvalue weighted by Crippen LogP contribution is -2.12. The van der Waals surface area contributed by atoms with Crippen molar-refractivity contribution in [1.82, 2.24) is 4.98 Å². The molecule has 0 amide bonds. The molecular weight excluding hydrogens is 303 g/mol. The Hall–Kier alpha value is -2.27. The zero-order valence-corrected chi connectivity index (χ0v) is 12.2. The summed E-state index contributed by atoms with van der Waals surface area (Å²) >= 11 is 0. The molecule has 0 unspecified atom stereocenters. The van der Waals surface area contributed by atoms with Gasteiger partial charge in [0, 0.05) is 23.6 Å². The van der Waals surface area contributed by atoms with E-state index in [0.29, 0.717) is 23.9 Å². The van der Waals surface area contributed by atoms with Crippen molar-refractivity contribution in [2.24, 2.45) is 0 Å². The zero-order valence-electron chi connectivity index (χ0n) is 12.2. The predicted molar refractivity (Wildman–Crippen MR) is 81.8 cm³/mol. The molecule has 2 aromatic carbocycles. The number of hydrogen-bond donors (Lipinski definition) is 2. The number of benzene rings is 2. The summed E-state index contributed by atoms with van der Waals surface area (Å²) in [5.41, 5.74) is 3.34. The van der Waals surface area contributed by atoms with Crippen LogP contribution >= 0.6 is 0 Å². The maximum Gasteiger partial charge on any atom is 0.150 e. The summed E-state index contributed by atoms with van der Waals surface area (Å²) in [5.74, 6) is -1.73. The molecule has 2 N–H and O–H groups in total. The van der Waals surface area contributed by atoms with Crippen LogP contribution in [0.5, 0.6) is 0 Å². The van der Waals surface area contributed by atoms with Crippen LogP contribution < -0.4 is 0 Å². The Bertz CT molecular complexity index is 916. The van der Waals surface area contributed by atoms with E-state index < -0.39 is 11.6 Å². The molecule has 23 heavy (non-hydrogen) atoms. The monoisotopic (exact) mass is 317 g/mol. The average molecular weight is 317 g/mol. The second-order valence-electron chi connectivity index (χ2n) is 5.94. The number of hydrogen-bond acceptors (Lipinski definition) is 1. The second-order valence-corrected chi connectivity index (χ2v) is 5.94. The Morgan fingerprint density at radius 1 is 1.09 bits per heavy atom. The van der Waals surface area contributed by atoms with Gasteiger partial charge < -0.3 is 10.1 Å². The van der Waals surface area contributed by atoms with Crippen molar-refractivity contribution in [3.8, 4) is 11.3 Å². The van der Waals surface area contributed by atoms with Crippen molar-refractivity contribution >= 4 is 10.9 Å². The number of H-pyrrole nitrogens is 1. The lowest BCUT2D eigenvalue weighted by Gasteiger charge is -2.25. The minimum Gasteiger partial charge on any atom is -0.396 e. The molecule has 1 aromatic heterocycles. The third-order valence-corrected chi connectivity index (χ3v) is 4.55. The van der Waals surface area contributed by atoms with Gasteiger partial charge in [0.05, 0.1) is 11.2 Å². The van der Waals surface area contributed by atoms with E-state index in [1.54, 1.807) is 6.07 Å². The first-order chi connectivity index (χ1) is 11.1. The van der Waals surface area contributed by atoms with Crippen molar-refractivity contribution in [1.29, 1.82) is 0 Å². The number of fused-ring (bicyclic) bond motifs is 5. The summed E-state index contributed by atoms with van der Waals surface area (Å²) in [6.45, 7) is -0.0424. The van der Waals surface area contributed by atoms with Crippen LogP contribution in [0.3, 0.4) is 0 Å². The molecule has 4 rings (SSSR count). The molecule has 1 heterocycles. The Morgan fingerprint density at radius 2 is 1.91 bits per heavy atom. The molecule has 0 bridgehead atoms. The highest BCUT2D eigenvalue weighted by Gasteiger charge is 2.29. The van der Waals surface area contributed by atoms with E-state index in [0.717, 1.165) is 22.8 Å². The van der Waals surface area contributed by atoms with Crippen molar-refractivity contribution in [3.05, 3.63) is 58.9 Å². The van der Waals surface area contributed by atoms with Gasteiger partial charge >= 0.3 is 0 Å². The van der Waals surface area contributed by atoms with Crippen LogP contribution in [0.15, 0.2) is 30.3 Å². The Balaban J connectivity index is 2.05. The summed E-state index contributed by atoms with van der Waals surface area (Å²) in [4.78, 5) is 3.03. The summed E-state index contributed by atoms with van der Waals surface area (Å²) in [6.07, 6.45) is 0.986. The second kappa shape index (κ2) is 5.13. The van der Waals surface area contributed by atoms with Crippen LogP contribution in [0, 0.1) is 17.5 Å². The maximum atomic E-state index is 14.1. The van der Waals surface area contributed by atoms with E-state index in [9.17, 15) is 18.3 Å². The highest BCUT2D eigenvalue weighted by Crippen LogP contribution is 2.45. The molecule has 5 heteroatoms. The number of aromatic amines is 1. The molecule has 0 saturated heterocycles. The minimum atomic E-state index is -0.652. The first-order valence-corrected chi connectivity index (χ1v) is 7.48. The molecule has 2 nitrogen and oxygen atoms in total. The first kappa shape index (κ1) is 14.3. The molecule has 118 valence electrons. The van der Waals surface area contributed by atoms with Gasteiger partial charge in [-0.25, -0.2) is 13.2 Å². The smallest absolute Gasteiger partial charge is 0.150 e. The first-order valence-electron chi connectivity index (χ1n) is 7.48. The standard InChI is InChI=1S/C18H14F3NO/c19-11-1-2-13-10(6-11)5-9(3-4-23)16-14-7-12(20)8-15(21)17(14)22-18(13)16/h1-2,6-9,22-23H,3-5H2/t9-/m1/s1. The number of aliphatic hydroxyl groups excluding tert-OH is 1. The molecule has 1 atom stereocenters. The maximum absolute atomic E-state index is 14.1. The van der Waals surface area contributed by atoms with Crippen molar-refractivity contribution < 1.29 is 18.3 Å². The van der Waals surface area contributed by atoms with Crippen LogP contribution in [0.25, 0.3) is 22.2 Å². The third kappa shape index (κ3) is 2.15. The van der Waals surface area contributed by atoms with Crippen LogP contribution in [0.2, 0.25) is 0 Å². The molecule has 3 aromatic rings. The lowest BCUT2D eigenvalue weighted by atomic mass is 9.79. The molecule has 0 aliphatic heterocycles. The van der Waals surface area contributed by atoms with Crippen LogP contribution in [-0.4, -0.2) is 16.7 Å². The minimum absolute atomic E-state index is 0.0424. The topological polar surface area (TPSA) is 36.0 Å². The normalized spacial score (nSPS) is 16.4. The molecular formula is C18H14F3NO. The fourth-order valence-electron chi connectivity index (χ4n) is 3.62. The number of halogens is 3. The number of rotatable bonds is 2. The van der Waals surface area contributed by atoms with Gasteiger partial charge in [0.15, 0.2) is 0 Å². The predicted octanol–water partition coefficient (Wildman–Crippen LogP) is 4.27. The van der Waals surface area contributed by atoms with E-state index in [1.165, 1.54) is 18.2 Å². The van der Waals surface area contributed by atoms with Gasteiger partial charge in [-0.1, -0.05) is 0 Å². The van der Waals surface area contributed by atoms with Gasteiger partial charge in [0.1, 0.15) is 17.5 Å². The molecule has 0 fully saturated rings. The highest BCUT2D eigenvalue weighted by molar-refractivity contribution is 5.93. The van der Waals surface area contributed by atoms with Crippen molar-refractivity contribution in [2.45, 2.75) is 18.8 Å². The van der Waals surface area contributed by atoms with E-state index in [1.807, 2.05) is 0 Å². The number of nitrogens with one attached hydrogen (secondary N) is 1. The van der Waals surface area contributed by atoms with E-state index in [-0.39, 0.29) is 23.9 Å². The summed E-state index contributed by atoms with van der Waals surface area (Å²) in [7, 11) is 0. The fourth-order valence-corrected chi connectivity index (χ4v) is 3.62. The van der Waals surface area contributed by atoms with Crippen molar-refractivity contribution in [2.75, 3.05) is 6.61 Å². The van der Waals surface area contributed by atoms with Crippen LogP contribution in [0.4, 0.5) is 13.2 Å². The van der Waals surface area contributed by atoms with Gasteiger partial charge in [-0.15, -0.1) is 0 Å². The molecule has 1 aliphatic carbocycles. The van der Waals surface area contributed by atoms with E-state index >= 15 is 0 Å². The van der Waals surface area contributed by atoms with Crippen LogP contribution in [0.1, 0.15) is 23.5 Å². The summed E-state index contributed by atoms with van der Waals surface area (Å²) in [6, 6.07) is 6.63. The van der Waals surface area contributed by atoms with Gasteiger partial charge in [-0.3, -0.25) is 0 Å². The lowest BCUT2D eigenvalue weighted by molar-refractivity contribution is 0.275. The quantitative estimate of drug-likeness (QED) is 0.727. The number of aromatic nitrogens is 1. The van der Waals surface area contributed by atoms with Gasteiger partial charge in [0.2, 0.25) is 0 Å². The molecule has 0 saturated carbocycles. The summed E-state index contributed by atoms with van der Waals surface area (Å²) in [5, 5.41) is 9.82. The molecule has 0 radical (unpaired) electrons.